The summed E-state index contributed by atoms with van der Waals surface area (Å²) in [6, 6.07) is -0.622. The molecule has 6 nitrogen and oxygen atoms in total. The Morgan fingerprint density at radius 3 is 1.00 bits per heavy atom. The molecule has 2 unspecified atom stereocenters. The fourth-order valence-electron chi connectivity index (χ4n) is 10.8. The highest BCUT2D eigenvalue weighted by atomic mass is 16.5. The van der Waals surface area contributed by atoms with Crippen LogP contribution < -0.4 is 5.32 Å². The van der Waals surface area contributed by atoms with Crippen molar-refractivity contribution in [2.45, 2.75) is 392 Å². The lowest BCUT2D eigenvalue weighted by Gasteiger charge is -2.20. The van der Waals surface area contributed by atoms with Crippen LogP contribution in [0, 0.1) is 0 Å². The number of allylic oxidation sites excluding steroid dienone is 5. The Labute approximate surface area is 481 Å². The number of hydrogen-bond acceptors (Lipinski definition) is 5. The number of carbonyl (C=O) groups is 2. The summed E-state index contributed by atoms with van der Waals surface area (Å²) in [5, 5.41) is 23.0. The third-order valence-corrected chi connectivity index (χ3v) is 16.2. The van der Waals surface area contributed by atoms with Gasteiger partial charge in [0.15, 0.2) is 0 Å². The average molecular weight is 1080 g/mol. The molecule has 0 heterocycles. The number of amides is 1. The van der Waals surface area contributed by atoms with Crippen molar-refractivity contribution in [2.24, 2.45) is 0 Å². The molecule has 0 radical (unpaired) electrons. The van der Waals surface area contributed by atoms with E-state index in [-0.39, 0.29) is 18.5 Å². The zero-order valence-corrected chi connectivity index (χ0v) is 52.0. The lowest BCUT2D eigenvalue weighted by atomic mass is 10.0. The van der Waals surface area contributed by atoms with Crippen molar-refractivity contribution < 1.29 is 24.5 Å². The highest BCUT2D eigenvalue weighted by molar-refractivity contribution is 5.76. The molecule has 0 aliphatic rings. The minimum Gasteiger partial charge on any atom is -0.466 e. The number of nitrogens with one attached hydrogen (secondary N) is 1. The predicted molar refractivity (Wildman–Crippen MR) is 338 cm³/mol. The van der Waals surface area contributed by atoms with Gasteiger partial charge in [0, 0.05) is 12.8 Å². The van der Waals surface area contributed by atoms with Crippen molar-refractivity contribution in [3.05, 3.63) is 36.5 Å². The highest BCUT2D eigenvalue weighted by Crippen LogP contribution is 2.19. The van der Waals surface area contributed by atoms with E-state index in [0.717, 1.165) is 51.4 Å². The molecule has 454 valence electrons. The van der Waals surface area contributed by atoms with E-state index >= 15 is 0 Å². The molecule has 0 aromatic rings. The van der Waals surface area contributed by atoms with E-state index in [4.69, 9.17) is 4.74 Å². The predicted octanol–water partition coefficient (Wildman–Crippen LogP) is 22.3. The number of aliphatic hydroxyl groups is 2. The van der Waals surface area contributed by atoms with E-state index in [2.05, 4.69) is 43.5 Å². The highest BCUT2D eigenvalue weighted by Gasteiger charge is 2.18. The maximum Gasteiger partial charge on any atom is 0.305 e. The second kappa shape index (κ2) is 66.6. The first kappa shape index (κ1) is 75.1. The van der Waals surface area contributed by atoms with Crippen molar-refractivity contribution in [1.82, 2.24) is 5.32 Å². The molecular weight excluding hydrogens is 947 g/mol. The van der Waals surface area contributed by atoms with Crippen LogP contribution in [0.3, 0.4) is 0 Å². The average Bonchev–Trinajstić information content (AvgIpc) is 3.43. The normalized spacial score (nSPS) is 12.7. The minimum atomic E-state index is -0.839. The SMILES string of the molecule is CCCCCC/C=C\C/C=C\CCCCCCCCCC(=O)OCCCCCCCCCCCCCCCCCCCCCCCCCCCCCCCCCCC(=O)NC(CO)C(O)/C=C/CCCCCCCCCC. The molecule has 6 heteroatoms. The van der Waals surface area contributed by atoms with E-state index in [1.807, 2.05) is 6.08 Å². The van der Waals surface area contributed by atoms with Gasteiger partial charge in [0.1, 0.15) is 0 Å². The zero-order chi connectivity index (χ0) is 55.7. The molecule has 0 aliphatic heterocycles. The van der Waals surface area contributed by atoms with E-state index in [9.17, 15) is 19.8 Å². The Morgan fingerprint density at radius 1 is 0.364 bits per heavy atom. The molecule has 0 aromatic heterocycles. The number of hydrogen-bond donors (Lipinski definition) is 3. The van der Waals surface area contributed by atoms with Crippen molar-refractivity contribution >= 4 is 11.9 Å². The van der Waals surface area contributed by atoms with Gasteiger partial charge in [-0.1, -0.05) is 339 Å². The van der Waals surface area contributed by atoms with E-state index in [0.29, 0.717) is 19.4 Å². The van der Waals surface area contributed by atoms with Gasteiger partial charge in [0.25, 0.3) is 0 Å². The molecule has 0 aliphatic carbocycles. The molecule has 0 saturated carbocycles. The molecule has 77 heavy (non-hydrogen) atoms. The van der Waals surface area contributed by atoms with Gasteiger partial charge in [-0.3, -0.25) is 9.59 Å². The monoisotopic (exact) mass is 1080 g/mol. The number of rotatable bonds is 65. The second-order valence-electron chi connectivity index (χ2n) is 23.9. The van der Waals surface area contributed by atoms with Crippen LogP contribution in [0.4, 0.5) is 0 Å². The molecule has 0 fully saturated rings. The second-order valence-corrected chi connectivity index (χ2v) is 23.9. The minimum absolute atomic E-state index is 0.0138. The van der Waals surface area contributed by atoms with Crippen LogP contribution >= 0.6 is 0 Å². The lowest BCUT2D eigenvalue weighted by molar-refractivity contribution is -0.143. The molecule has 1 amide bonds. The summed E-state index contributed by atoms with van der Waals surface area (Å²) in [5.74, 6) is -0.0504. The molecule has 0 rings (SSSR count). The molecule has 2 atom stereocenters. The van der Waals surface area contributed by atoms with Gasteiger partial charge in [-0.15, -0.1) is 0 Å². The Bertz CT molecular complexity index is 1250. The Balaban J connectivity index is 3.30. The van der Waals surface area contributed by atoms with Crippen LogP contribution in [0.25, 0.3) is 0 Å². The van der Waals surface area contributed by atoms with Crippen LogP contribution in [0.5, 0.6) is 0 Å². The molecular formula is C71H135NO5. The first-order chi connectivity index (χ1) is 38.0. The summed E-state index contributed by atoms with van der Waals surface area (Å²) in [6.07, 6.45) is 85.2. The summed E-state index contributed by atoms with van der Waals surface area (Å²) in [6.45, 7) is 4.89. The van der Waals surface area contributed by atoms with Gasteiger partial charge in [-0.25, -0.2) is 0 Å². The maximum atomic E-state index is 12.4. The first-order valence-corrected chi connectivity index (χ1v) is 34.8. The van der Waals surface area contributed by atoms with Crippen molar-refractivity contribution in [2.75, 3.05) is 13.2 Å². The summed E-state index contributed by atoms with van der Waals surface area (Å²) >= 11 is 0. The smallest absolute Gasteiger partial charge is 0.305 e. The van der Waals surface area contributed by atoms with Gasteiger partial charge in [0.05, 0.1) is 25.4 Å². The van der Waals surface area contributed by atoms with Crippen LogP contribution in [-0.4, -0.2) is 47.4 Å². The zero-order valence-electron chi connectivity index (χ0n) is 52.0. The third-order valence-electron chi connectivity index (χ3n) is 16.2. The molecule has 0 aromatic carbocycles. The van der Waals surface area contributed by atoms with Crippen LogP contribution in [0.2, 0.25) is 0 Å². The summed E-state index contributed by atoms with van der Waals surface area (Å²) < 4.78 is 5.50. The third kappa shape index (κ3) is 63.1. The molecule has 0 saturated heterocycles. The van der Waals surface area contributed by atoms with Crippen LogP contribution in [0.1, 0.15) is 380 Å². The quantitative estimate of drug-likeness (QED) is 0.0320. The number of aliphatic hydroxyl groups excluding tert-OH is 2. The van der Waals surface area contributed by atoms with Crippen molar-refractivity contribution in [1.29, 1.82) is 0 Å². The summed E-state index contributed by atoms with van der Waals surface area (Å²) in [5.41, 5.74) is 0. The number of esters is 1. The Kier molecular flexibility index (Phi) is 64.9. The van der Waals surface area contributed by atoms with Gasteiger partial charge < -0.3 is 20.3 Å². The summed E-state index contributed by atoms with van der Waals surface area (Å²) in [4.78, 5) is 24.5. The topological polar surface area (TPSA) is 95.9 Å². The number of unbranched alkanes of at least 4 members (excludes halogenated alkanes) is 50. The van der Waals surface area contributed by atoms with Gasteiger partial charge in [-0.2, -0.15) is 0 Å². The first-order valence-electron chi connectivity index (χ1n) is 34.8. The number of ether oxygens (including phenoxy) is 1. The number of carbonyl (C=O) groups excluding carboxylic acids is 2. The van der Waals surface area contributed by atoms with Gasteiger partial charge in [-0.05, 0) is 64.2 Å². The summed E-state index contributed by atoms with van der Waals surface area (Å²) in [7, 11) is 0. The molecule has 3 N–H and O–H groups in total. The van der Waals surface area contributed by atoms with E-state index in [1.165, 1.54) is 302 Å². The van der Waals surface area contributed by atoms with Crippen molar-refractivity contribution in [3.63, 3.8) is 0 Å². The molecule has 0 bridgehead atoms. The standard InChI is InChI=1S/C71H135NO5/c1-3-5-7-9-11-13-15-16-17-18-36-39-42-45-49-53-57-61-65-71(76)77-66-62-58-54-50-46-43-40-37-34-32-30-28-26-24-22-20-19-21-23-25-27-29-31-33-35-38-41-44-48-52-56-60-64-70(75)72-68(67-73)69(74)63-59-55-51-47-14-12-10-8-6-4-2/h13,15,17-18,59,63,68-69,73-74H,3-12,14,16,19-58,60-62,64-67H2,1-2H3,(H,72,75)/b15-13-,18-17-,63-59+. The van der Waals surface area contributed by atoms with Gasteiger partial charge in [0.2, 0.25) is 5.91 Å². The molecule has 0 spiro atoms. The van der Waals surface area contributed by atoms with E-state index in [1.54, 1.807) is 6.08 Å². The Morgan fingerprint density at radius 2 is 0.649 bits per heavy atom. The van der Waals surface area contributed by atoms with Crippen LogP contribution in [0.15, 0.2) is 36.5 Å². The van der Waals surface area contributed by atoms with Crippen LogP contribution in [-0.2, 0) is 14.3 Å². The van der Waals surface area contributed by atoms with E-state index < -0.39 is 12.1 Å². The lowest BCUT2D eigenvalue weighted by Crippen LogP contribution is -2.45. The fraction of sp³-hybridized carbons (Fsp3) is 0.887. The fourth-order valence-corrected chi connectivity index (χ4v) is 10.8. The van der Waals surface area contributed by atoms with Crippen molar-refractivity contribution in [3.8, 4) is 0 Å². The largest absolute Gasteiger partial charge is 0.466 e. The van der Waals surface area contributed by atoms with Gasteiger partial charge >= 0.3 is 5.97 Å². The Hall–Kier alpha value is -1.92. The maximum absolute atomic E-state index is 12.4.